The molecule has 1 saturated heterocycles. The van der Waals surface area contributed by atoms with Crippen molar-refractivity contribution in [2.24, 2.45) is 23.7 Å². The first-order valence-corrected chi connectivity index (χ1v) is 24.7. The summed E-state index contributed by atoms with van der Waals surface area (Å²) in [6, 6.07) is -3.37. The third-order valence-electron chi connectivity index (χ3n) is 11.9. The summed E-state index contributed by atoms with van der Waals surface area (Å²) in [5.41, 5.74) is 0.425. The number of hydrogen-bond donors (Lipinski definition) is 10. The van der Waals surface area contributed by atoms with Crippen LogP contribution in [0.4, 0.5) is 4.39 Å². The monoisotopic (exact) mass is 1090 g/mol. The van der Waals surface area contributed by atoms with Gasteiger partial charge in [-0.25, -0.2) is 4.68 Å². The maximum atomic E-state index is 13.9. The molecule has 0 saturated carbocycles. The summed E-state index contributed by atoms with van der Waals surface area (Å²) in [4.78, 5) is 129. The maximum Gasteiger partial charge on any atom is 0.305 e. The predicted octanol–water partition coefficient (Wildman–Crippen LogP) is -2.86. The molecule has 10 N–H and O–H groups in total. The number of amides is 4. The fourth-order valence-corrected chi connectivity index (χ4v) is 7.61. The molecule has 1 aliphatic rings. The Labute approximate surface area is 437 Å². The highest BCUT2D eigenvalue weighted by atomic mass is 19.1. The molecule has 0 aromatic carbocycles. The van der Waals surface area contributed by atoms with Crippen LogP contribution in [0.2, 0.25) is 0 Å². The normalized spacial score (nSPS) is 19.4. The van der Waals surface area contributed by atoms with E-state index in [0.29, 0.717) is 32.1 Å². The number of aliphatic hydroxyl groups is 3. The molecule has 1 fully saturated rings. The van der Waals surface area contributed by atoms with Crippen molar-refractivity contribution in [3.8, 4) is 0 Å². The summed E-state index contributed by atoms with van der Waals surface area (Å²) < 4.78 is 40.2. The summed E-state index contributed by atoms with van der Waals surface area (Å²) in [5.74, 6) is -15.7. The smallest absolute Gasteiger partial charge is 0.305 e. The first-order valence-electron chi connectivity index (χ1n) is 24.7. The van der Waals surface area contributed by atoms with Crippen LogP contribution in [0.15, 0.2) is 6.20 Å². The number of aromatic nitrogens is 3. The average Bonchev–Trinajstić information content (AvgIpc) is 3.80. The van der Waals surface area contributed by atoms with E-state index in [1.165, 1.54) is 27.0 Å². The number of nitrogens with one attached hydrogen (secondary N) is 4. The molecule has 28 nitrogen and oxygen atoms in total. The number of carboxylic acid groups (broad SMARTS) is 3. The molecule has 0 radical (unpaired) electrons. The van der Waals surface area contributed by atoms with Gasteiger partial charge in [0.1, 0.15) is 37.1 Å². The van der Waals surface area contributed by atoms with Crippen molar-refractivity contribution in [1.29, 1.82) is 0 Å². The van der Waals surface area contributed by atoms with Crippen LogP contribution in [0.5, 0.6) is 0 Å². The van der Waals surface area contributed by atoms with E-state index in [4.69, 9.17) is 23.7 Å². The first-order chi connectivity index (χ1) is 36.0. The van der Waals surface area contributed by atoms with E-state index in [9.17, 15) is 83.0 Å². The number of carbonyl (C=O) groups excluding carboxylic acids is 7. The van der Waals surface area contributed by atoms with Gasteiger partial charge in [-0.3, -0.25) is 52.3 Å². The number of aliphatic carboxylic acids is 3. The van der Waals surface area contributed by atoms with E-state index in [0.717, 1.165) is 4.68 Å². The molecule has 1 aromatic heterocycles. The van der Waals surface area contributed by atoms with Gasteiger partial charge in [0, 0.05) is 63.9 Å². The lowest BCUT2D eigenvalue weighted by molar-refractivity contribution is -0.218. The number of carbonyl (C=O) groups is 10. The summed E-state index contributed by atoms with van der Waals surface area (Å²) in [5, 5.41) is 78.0. The van der Waals surface area contributed by atoms with Gasteiger partial charge in [-0.05, 0) is 25.2 Å². The molecule has 4 amide bonds. The SMILES string of the molecule is COCCOCCOCCOCCNC(=O)[C@H](C)CC(=O)[C@H](CC(=O)O)NC(=O)[C@@H](CC(=O)[C@H](CCC(=O)O)NC(=O)[C@H](CC(=O)O)CC(=O)C1OC(CNC(=O)Cn2cc(CCCF)nn2)C(O)C(O)C1O)C(C)C. The van der Waals surface area contributed by atoms with Crippen molar-refractivity contribution in [2.75, 3.05) is 73.1 Å². The second-order valence-electron chi connectivity index (χ2n) is 18.4. The lowest BCUT2D eigenvalue weighted by Crippen LogP contribution is -2.62. The molecule has 1 aromatic rings. The number of methoxy groups -OCH3 is 1. The first kappa shape index (κ1) is 66.2. The number of ketones is 3. The zero-order valence-electron chi connectivity index (χ0n) is 43.1. The number of hydrogen-bond acceptors (Lipinski definition) is 20. The van der Waals surface area contributed by atoms with Gasteiger partial charge in [-0.1, -0.05) is 26.0 Å². The molecular formula is C47H74FN7O21. The van der Waals surface area contributed by atoms with Crippen molar-refractivity contribution >= 4 is 58.9 Å². The molecule has 5 unspecified atom stereocenters. The zero-order chi connectivity index (χ0) is 56.9. The zero-order valence-corrected chi connectivity index (χ0v) is 43.1. The number of halogens is 1. The fourth-order valence-electron chi connectivity index (χ4n) is 7.61. The van der Waals surface area contributed by atoms with Gasteiger partial charge in [0.25, 0.3) is 0 Å². The Balaban J connectivity index is 2.11. The molecule has 2 rings (SSSR count). The van der Waals surface area contributed by atoms with E-state index >= 15 is 0 Å². The van der Waals surface area contributed by atoms with E-state index in [-0.39, 0.29) is 45.8 Å². The summed E-state index contributed by atoms with van der Waals surface area (Å²) in [7, 11) is 1.56. The number of nitrogens with zero attached hydrogens (tertiary/aromatic N) is 3. The number of aryl methyl sites for hydroxylation is 1. The topological polar surface area (TPSA) is 417 Å². The van der Waals surface area contributed by atoms with Crippen molar-refractivity contribution in [2.45, 2.75) is 128 Å². The molecule has 0 aliphatic carbocycles. The Morgan fingerprint density at radius 3 is 1.91 bits per heavy atom. The molecule has 0 bridgehead atoms. The van der Waals surface area contributed by atoms with Crippen LogP contribution < -0.4 is 21.3 Å². The molecule has 29 heteroatoms. The van der Waals surface area contributed by atoms with E-state index in [2.05, 4.69) is 31.6 Å². The minimum absolute atomic E-state index is 0.0741. The van der Waals surface area contributed by atoms with E-state index < -0.39 is 183 Å². The highest BCUT2D eigenvalue weighted by Gasteiger charge is 2.47. The minimum Gasteiger partial charge on any atom is -0.481 e. The standard InChI is InChI=1S/C47H74FN7O21/c1-26(2)30(47(71)52-32(22-40(64)65)33(56)18-27(3)45(69)49-10-11-73-14-15-75-17-16-74-13-12-72-4)21-34(57)31(7-8-38(60)61)51-46(70)28(20-39(62)63)19-35(58)44-43(68)42(67)41(66)36(76-44)23-50-37(59)25-55-24-29(53-54-55)6-5-9-48/h24,26-28,30-32,36,41-44,66-68H,5-23,25H2,1-4H3,(H,49,69)(H,50,59)(H,51,70)(H,52,71)(H,60,61)(H,62,63)(H,64,65)/t27-,28+,30+,31+,32+,36?,41?,42?,43?,44?/m1/s1. The largest absolute Gasteiger partial charge is 0.481 e. The third kappa shape index (κ3) is 24.8. The van der Waals surface area contributed by atoms with Gasteiger partial charge in [0.15, 0.2) is 17.3 Å². The molecule has 430 valence electrons. The average molecular weight is 1090 g/mol. The van der Waals surface area contributed by atoms with Crippen LogP contribution >= 0.6 is 0 Å². The number of Topliss-reactive ketones (excluding diaryl/α,β-unsaturated/α-hetero) is 3. The van der Waals surface area contributed by atoms with Gasteiger partial charge in [-0.15, -0.1) is 5.10 Å². The van der Waals surface area contributed by atoms with Crippen LogP contribution in [0.3, 0.4) is 0 Å². The second-order valence-corrected chi connectivity index (χ2v) is 18.4. The molecule has 1 aliphatic heterocycles. The highest BCUT2D eigenvalue weighted by molar-refractivity contribution is 5.98. The Morgan fingerprint density at radius 1 is 0.711 bits per heavy atom. The van der Waals surface area contributed by atoms with Gasteiger partial charge in [0.2, 0.25) is 23.6 Å². The van der Waals surface area contributed by atoms with Crippen molar-refractivity contribution in [3.05, 3.63) is 11.9 Å². The van der Waals surface area contributed by atoms with E-state index in [1.807, 2.05) is 0 Å². The van der Waals surface area contributed by atoms with Gasteiger partial charge >= 0.3 is 17.9 Å². The maximum absolute atomic E-state index is 13.9. The quantitative estimate of drug-likeness (QED) is 0.0295. The Kier molecular flexibility index (Phi) is 30.8. The van der Waals surface area contributed by atoms with Crippen LogP contribution in [0.1, 0.15) is 77.8 Å². The van der Waals surface area contributed by atoms with Gasteiger partial charge < -0.3 is 75.6 Å². The summed E-state index contributed by atoms with van der Waals surface area (Å²) in [6.07, 6.45) is -13.2. The molecule has 2 heterocycles. The highest BCUT2D eigenvalue weighted by Crippen LogP contribution is 2.26. The number of aliphatic hydroxyl groups excluding tert-OH is 3. The van der Waals surface area contributed by atoms with E-state index in [1.54, 1.807) is 7.11 Å². The van der Waals surface area contributed by atoms with Crippen LogP contribution in [-0.2, 0) is 84.6 Å². The molecule has 0 spiro atoms. The number of ether oxygens (including phenoxy) is 5. The molecule has 76 heavy (non-hydrogen) atoms. The van der Waals surface area contributed by atoms with Crippen LogP contribution in [-0.4, -0.2) is 220 Å². The minimum atomic E-state index is -2.12. The Morgan fingerprint density at radius 2 is 1.32 bits per heavy atom. The lowest BCUT2D eigenvalue weighted by Gasteiger charge is -2.40. The molecular weight excluding hydrogens is 1020 g/mol. The van der Waals surface area contributed by atoms with Gasteiger partial charge in [-0.2, -0.15) is 0 Å². The number of rotatable bonds is 41. The number of carboxylic acids is 3. The second kappa shape index (κ2) is 35.4. The predicted molar refractivity (Wildman–Crippen MR) is 256 cm³/mol. The van der Waals surface area contributed by atoms with Crippen LogP contribution in [0.25, 0.3) is 0 Å². The fraction of sp³-hybridized carbons (Fsp3) is 0.745. The summed E-state index contributed by atoms with van der Waals surface area (Å²) >= 11 is 0. The summed E-state index contributed by atoms with van der Waals surface area (Å²) in [6.45, 7) is 5.25. The van der Waals surface area contributed by atoms with Gasteiger partial charge in [0.05, 0.1) is 89.5 Å². The van der Waals surface area contributed by atoms with Crippen molar-refractivity contribution in [3.63, 3.8) is 0 Å². The number of alkyl halides is 1. The Bertz CT molecular complexity index is 2060. The Hall–Kier alpha value is -5.95. The molecule has 10 atom stereocenters. The van der Waals surface area contributed by atoms with Crippen molar-refractivity contribution in [1.82, 2.24) is 36.3 Å². The third-order valence-corrected chi connectivity index (χ3v) is 11.9. The lowest BCUT2D eigenvalue weighted by atomic mass is 9.86. The van der Waals surface area contributed by atoms with Crippen molar-refractivity contribution < 1.29 is 107 Å². The van der Waals surface area contributed by atoms with Crippen LogP contribution in [0, 0.1) is 23.7 Å².